The number of carbonyl (C=O) groups is 1. The number of esters is 1. The topological polar surface area (TPSA) is 61.2 Å². The van der Waals surface area contributed by atoms with Crippen molar-refractivity contribution in [2.45, 2.75) is 40.7 Å². The number of nitrogens with zero attached hydrogens (tertiary/aromatic N) is 2. The van der Waals surface area contributed by atoms with Gasteiger partial charge in [-0.1, -0.05) is 30.3 Å². The minimum Gasteiger partial charge on any atom is -0.421 e. The van der Waals surface area contributed by atoms with Gasteiger partial charge >= 0.3 is 5.97 Å². The first kappa shape index (κ1) is 17.9. The summed E-state index contributed by atoms with van der Waals surface area (Å²) in [7, 11) is 0. The third-order valence-electron chi connectivity index (χ3n) is 4.58. The number of rotatable bonds is 3. The molecule has 26 heavy (non-hydrogen) atoms. The standard InChI is InChI=1S/C21H22N2O3/c1-12(2)23-20(24)17-9-7-6-8-16(17)18(22-23)21(25)26-19-14(4)11-10-13(3)15(19)5/h6-12H,1-5H3. The molecule has 0 unspecified atom stereocenters. The van der Waals surface area contributed by atoms with E-state index in [1.165, 1.54) is 4.68 Å². The number of aryl methyl sites for hydroxylation is 2. The zero-order chi connectivity index (χ0) is 19.0. The molecule has 0 saturated heterocycles. The van der Waals surface area contributed by atoms with Crippen LogP contribution in [0.15, 0.2) is 41.2 Å². The predicted molar refractivity (Wildman–Crippen MR) is 102 cm³/mol. The average molecular weight is 350 g/mol. The summed E-state index contributed by atoms with van der Waals surface area (Å²) in [6.07, 6.45) is 0. The van der Waals surface area contributed by atoms with E-state index in [0.717, 1.165) is 16.7 Å². The van der Waals surface area contributed by atoms with E-state index >= 15 is 0 Å². The predicted octanol–water partition coefficient (Wildman–Crippen LogP) is 4.12. The Labute approximate surface area is 152 Å². The lowest BCUT2D eigenvalue weighted by Gasteiger charge is -2.15. The van der Waals surface area contributed by atoms with Crippen molar-refractivity contribution >= 4 is 16.7 Å². The molecule has 2 aromatic carbocycles. The van der Waals surface area contributed by atoms with E-state index in [9.17, 15) is 9.59 Å². The van der Waals surface area contributed by atoms with Crippen molar-refractivity contribution in [3.63, 3.8) is 0 Å². The van der Waals surface area contributed by atoms with E-state index in [1.54, 1.807) is 24.3 Å². The summed E-state index contributed by atoms with van der Waals surface area (Å²) in [5.74, 6) is -0.0180. The highest BCUT2D eigenvalue weighted by Crippen LogP contribution is 2.27. The smallest absolute Gasteiger partial charge is 0.364 e. The molecule has 0 spiro atoms. The van der Waals surface area contributed by atoms with Crippen molar-refractivity contribution < 1.29 is 9.53 Å². The van der Waals surface area contributed by atoms with Crippen LogP contribution in [0.1, 0.15) is 47.1 Å². The minimum atomic E-state index is -0.563. The van der Waals surface area contributed by atoms with Gasteiger partial charge in [0.15, 0.2) is 5.69 Å². The van der Waals surface area contributed by atoms with Crippen molar-refractivity contribution in [2.75, 3.05) is 0 Å². The van der Waals surface area contributed by atoms with E-state index in [4.69, 9.17) is 4.74 Å². The van der Waals surface area contributed by atoms with Gasteiger partial charge in [0.1, 0.15) is 5.75 Å². The molecule has 3 aromatic rings. The number of ether oxygens (including phenoxy) is 1. The quantitative estimate of drug-likeness (QED) is 0.526. The van der Waals surface area contributed by atoms with Gasteiger partial charge in [0, 0.05) is 5.39 Å². The molecule has 0 saturated carbocycles. The van der Waals surface area contributed by atoms with Crippen LogP contribution in [0.5, 0.6) is 5.75 Å². The summed E-state index contributed by atoms with van der Waals surface area (Å²) in [6.45, 7) is 9.50. The van der Waals surface area contributed by atoms with Gasteiger partial charge in [-0.3, -0.25) is 4.79 Å². The summed E-state index contributed by atoms with van der Waals surface area (Å²) in [5, 5.41) is 5.27. The lowest BCUT2D eigenvalue weighted by Crippen LogP contribution is -2.28. The zero-order valence-electron chi connectivity index (χ0n) is 15.7. The first-order chi connectivity index (χ1) is 12.3. The minimum absolute atomic E-state index is 0.147. The van der Waals surface area contributed by atoms with Crippen LogP contribution in [0.25, 0.3) is 10.8 Å². The molecule has 3 rings (SSSR count). The molecule has 0 aliphatic rings. The second kappa shape index (κ2) is 6.75. The molecule has 5 heteroatoms. The summed E-state index contributed by atoms with van der Waals surface area (Å²) < 4.78 is 7.04. The molecule has 5 nitrogen and oxygen atoms in total. The van der Waals surface area contributed by atoms with Gasteiger partial charge in [-0.25, -0.2) is 9.48 Å². The molecule has 0 fully saturated rings. The number of benzene rings is 2. The largest absolute Gasteiger partial charge is 0.421 e. The first-order valence-electron chi connectivity index (χ1n) is 8.61. The molecule has 0 amide bonds. The zero-order valence-corrected chi connectivity index (χ0v) is 15.7. The van der Waals surface area contributed by atoms with Crippen LogP contribution in [0, 0.1) is 20.8 Å². The van der Waals surface area contributed by atoms with Crippen LogP contribution >= 0.6 is 0 Å². The molecule has 0 bridgehead atoms. The van der Waals surface area contributed by atoms with Crippen molar-refractivity contribution in [2.24, 2.45) is 0 Å². The SMILES string of the molecule is Cc1ccc(C)c(OC(=O)c2nn(C(C)C)c(=O)c3ccccc23)c1C. The summed E-state index contributed by atoms with van der Waals surface area (Å²) in [5.41, 5.74) is 2.77. The summed E-state index contributed by atoms with van der Waals surface area (Å²) in [4.78, 5) is 25.5. The Hall–Kier alpha value is -2.95. The van der Waals surface area contributed by atoms with Gasteiger partial charge in [-0.2, -0.15) is 5.10 Å². The second-order valence-corrected chi connectivity index (χ2v) is 6.78. The van der Waals surface area contributed by atoms with Crippen LogP contribution in [-0.4, -0.2) is 15.7 Å². The third-order valence-corrected chi connectivity index (χ3v) is 4.58. The molecule has 0 radical (unpaired) electrons. The van der Waals surface area contributed by atoms with Crippen LogP contribution in [0.2, 0.25) is 0 Å². The molecule has 1 heterocycles. The monoisotopic (exact) mass is 350 g/mol. The molecule has 0 N–H and O–H groups in total. The van der Waals surface area contributed by atoms with Crippen LogP contribution in [0.3, 0.4) is 0 Å². The number of fused-ring (bicyclic) bond motifs is 1. The van der Waals surface area contributed by atoms with Crippen LogP contribution in [0.4, 0.5) is 0 Å². The van der Waals surface area contributed by atoms with Crippen molar-refractivity contribution in [1.82, 2.24) is 9.78 Å². The maximum absolute atomic E-state index is 12.9. The maximum atomic E-state index is 12.9. The average Bonchev–Trinajstić information content (AvgIpc) is 2.62. The normalized spacial score (nSPS) is 11.2. The number of hydrogen-bond donors (Lipinski definition) is 0. The second-order valence-electron chi connectivity index (χ2n) is 6.78. The van der Waals surface area contributed by atoms with E-state index in [2.05, 4.69) is 5.10 Å². The highest BCUT2D eigenvalue weighted by molar-refractivity contribution is 6.03. The fourth-order valence-corrected chi connectivity index (χ4v) is 2.93. The number of aromatic nitrogens is 2. The van der Waals surface area contributed by atoms with Gasteiger partial charge < -0.3 is 4.74 Å². The first-order valence-corrected chi connectivity index (χ1v) is 8.61. The molecule has 0 aliphatic heterocycles. The fraction of sp³-hybridized carbons (Fsp3) is 0.286. The Morgan fingerprint density at radius 3 is 2.27 bits per heavy atom. The lowest BCUT2D eigenvalue weighted by atomic mass is 10.1. The summed E-state index contributed by atoms with van der Waals surface area (Å²) >= 11 is 0. The Balaban J connectivity index is 2.17. The Morgan fingerprint density at radius 1 is 1.00 bits per heavy atom. The van der Waals surface area contributed by atoms with Crippen molar-refractivity contribution in [3.05, 3.63) is 69.1 Å². The molecular formula is C21H22N2O3. The molecular weight excluding hydrogens is 328 g/mol. The Kier molecular flexibility index (Phi) is 4.64. The Morgan fingerprint density at radius 2 is 1.62 bits per heavy atom. The molecule has 134 valence electrons. The highest BCUT2D eigenvalue weighted by atomic mass is 16.5. The van der Waals surface area contributed by atoms with Crippen LogP contribution in [-0.2, 0) is 0 Å². The van der Waals surface area contributed by atoms with Gasteiger partial charge in [0.05, 0.1) is 11.4 Å². The van der Waals surface area contributed by atoms with Gasteiger partial charge in [-0.15, -0.1) is 0 Å². The number of hydrogen-bond acceptors (Lipinski definition) is 4. The van der Waals surface area contributed by atoms with Crippen molar-refractivity contribution in [1.29, 1.82) is 0 Å². The van der Waals surface area contributed by atoms with Crippen LogP contribution < -0.4 is 10.3 Å². The van der Waals surface area contributed by atoms with E-state index < -0.39 is 5.97 Å². The maximum Gasteiger partial charge on any atom is 0.364 e. The van der Waals surface area contributed by atoms with E-state index in [0.29, 0.717) is 16.5 Å². The molecule has 1 aromatic heterocycles. The molecule has 0 aliphatic carbocycles. The fourth-order valence-electron chi connectivity index (χ4n) is 2.93. The number of carbonyl (C=O) groups excluding carboxylic acids is 1. The molecule has 0 atom stereocenters. The summed E-state index contributed by atoms with van der Waals surface area (Å²) in [6, 6.07) is 10.7. The van der Waals surface area contributed by atoms with E-state index in [-0.39, 0.29) is 17.3 Å². The van der Waals surface area contributed by atoms with Gasteiger partial charge in [-0.05, 0) is 57.4 Å². The highest BCUT2D eigenvalue weighted by Gasteiger charge is 2.21. The Bertz CT molecular complexity index is 1060. The van der Waals surface area contributed by atoms with E-state index in [1.807, 2.05) is 46.8 Å². The van der Waals surface area contributed by atoms with Gasteiger partial charge in [0.25, 0.3) is 5.56 Å². The van der Waals surface area contributed by atoms with Gasteiger partial charge in [0.2, 0.25) is 0 Å². The lowest BCUT2D eigenvalue weighted by molar-refractivity contribution is 0.0725. The third kappa shape index (κ3) is 3.01. The van der Waals surface area contributed by atoms with Crippen molar-refractivity contribution in [3.8, 4) is 5.75 Å².